The van der Waals surface area contributed by atoms with Crippen LogP contribution in [0.25, 0.3) is 11.4 Å². The number of likely N-dealkylation sites (tertiary alicyclic amines) is 1. The Morgan fingerprint density at radius 3 is 2.77 bits per heavy atom. The predicted molar refractivity (Wildman–Crippen MR) is 82.1 cm³/mol. The molecule has 6 nitrogen and oxygen atoms in total. The number of imidazole rings is 1. The third-order valence-electron chi connectivity index (χ3n) is 4.01. The fourth-order valence-corrected chi connectivity index (χ4v) is 2.78. The summed E-state index contributed by atoms with van der Waals surface area (Å²) in [6.45, 7) is 4.68. The molecule has 0 aliphatic carbocycles. The van der Waals surface area contributed by atoms with Crippen molar-refractivity contribution in [2.75, 3.05) is 26.8 Å². The minimum Gasteiger partial charge on any atom is -0.375 e. The molecule has 1 aliphatic rings. The van der Waals surface area contributed by atoms with Gasteiger partial charge in [-0.05, 0) is 19.1 Å². The summed E-state index contributed by atoms with van der Waals surface area (Å²) in [6.07, 6.45) is 5.44. The van der Waals surface area contributed by atoms with Crippen LogP contribution in [0.5, 0.6) is 0 Å². The Hall–Kier alpha value is -2.21. The fourth-order valence-electron chi connectivity index (χ4n) is 2.78. The molecular formula is C16H20N4O2. The Labute approximate surface area is 129 Å². The second-order valence-corrected chi connectivity index (χ2v) is 5.67. The van der Waals surface area contributed by atoms with E-state index in [1.807, 2.05) is 23.2 Å². The average molecular weight is 300 g/mol. The van der Waals surface area contributed by atoms with Crippen molar-refractivity contribution in [1.82, 2.24) is 19.4 Å². The summed E-state index contributed by atoms with van der Waals surface area (Å²) >= 11 is 0. The number of carbonyl (C=O) groups excluding carboxylic acids is 1. The lowest BCUT2D eigenvalue weighted by Gasteiger charge is -2.39. The van der Waals surface area contributed by atoms with Crippen molar-refractivity contribution < 1.29 is 9.53 Å². The molecule has 0 aromatic carbocycles. The molecule has 0 N–H and O–H groups in total. The number of hydrogen-bond donors (Lipinski definition) is 0. The summed E-state index contributed by atoms with van der Waals surface area (Å²) in [5, 5.41) is 0. The summed E-state index contributed by atoms with van der Waals surface area (Å²) in [6, 6.07) is 3.93. The number of aryl methyl sites for hydroxylation is 1. The van der Waals surface area contributed by atoms with Crippen LogP contribution in [0.1, 0.15) is 5.69 Å². The van der Waals surface area contributed by atoms with Gasteiger partial charge in [0.1, 0.15) is 12.4 Å². The van der Waals surface area contributed by atoms with E-state index in [4.69, 9.17) is 4.74 Å². The van der Waals surface area contributed by atoms with Gasteiger partial charge in [-0.1, -0.05) is 0 Å². The highest BCUT2D eigenvalue weighted by Gasteiger charge is 2.31. The maximum absolute atomic E-state index is 11.7. The van der Waals surface area contributed by atoms with Crippen molar-refractivity contribution in [3.8, 4) is 11.4 Å². The van der Waals surface area contributed by atoms with Crippen LogP contribution < -0.4 is 0 Å². The van der Waals surface area contributed by atoms with E-state index in [0.29, 0.717) is 5.92 Å². The van der Waals surface area contributed by atoms with Gasteiger partial charge in [-0.25, -0.2) is 4.98 Å². The Balaban J connectivity index is 1.68. The lowest BCUT2D eigenvalue weighted by atomic mass is 9.99. The van der Waals surface area contributed by atoms with Gasteiger partial charge in [0.05, 0.1) is 0 Å². The third kappa shape index (κ3) is 2.87. The van der Waals surface area contributed by atoms with Crippen LogP contribution in [0, 0.1) is 12.8 Å². The zero-order valence-corrected chi connectivity index (χ0v) is 12.9. The molecule has 0 radical (unpaired) electrons. The summed E-state index contributed by atoms with van der Waals surface area (Å²) in [5.74, 6) is 1.49. The first-order chi connectivity index (χ1) is 10.7. The standard InChI is InChI=1S/C16H20N4O2/c1-12-7-18-16(14-3-5-17-6-4-14)20(12)10-13-8-19(9-13)15(21)11-22-2/h3-7,13H,8-11H2,1-2H3. The molecule has 2 aromatic heterocycles. The molecule has 0 unspecified atom stereocenters. The van der Waals surface area contributed by atoms with Crippen molar-refractivity contribution in [3.05, 3.63) is 36.4 Å². The van der Waals surface area contributed by atoms with Gasteiger partial charge in [0.2, 0.25) is 5.91 Å². The van der Waals surface area contributed by atoms with E-state index in [1.165, 1.54) is 0 Å². The topological polar surface area (TPSA) is 60.2 Å². The maximum Gasteiger partial charge on any atom is 0.248 e. The Morgan fingerprint density at radius 1 is 1.36 bits per heavy atom. The molecule has 3 rings (SSSR count). The Kier molecular flexibility index (Phi) is 4.20. The van der Waals surface area contributed by atoms with Gasteiger partial charge in [0.15, 0.2) is 0 Å². The normalized spacial score (nSPS) is 14.9. The minimum atomic E-state index is 0.0652. The molecule has 1 aliphatic heterocycles. The number of carbonyl (C=O) groups is 1. The molecule has 22 heavy (non-hydrogen) atoms. The van der Waals surface area contributed by atoms with E-state index in [0.717, 1.165) is 36.7 Å². The molecule has 1 saturated heterocycles. The second kappa shape index (κ2) is 6.27. The van der Waals surface area contributed by atoms with E-state index in [1.54, 1.807) is 19.5 Å². The number of nitrogens with zero attached hydrogens (tertiary/aromatic N) is 4. The molecule has 116 valence electrons. The monoisotopic (exact) mass is 300 g/mol. The number of aromatic nitrogens is 3. The number of methoxy groups -OCH3 is 1. The van der Waals surface area contributed by atoms with Gasteiger partial charge in [0.25, 0.3) is 0 Å². The van der Waals surface area contributed by atoms with Crippen LogP contribution in [0.15, 0.2) is 30.7 Å². The van der Waals surface area contributed by atoms with Gasteiger partial charge < -0.3 is 14.2 Å². The molecule has 0 bridgehead atoms. The largest absolute Gasteiger partial charge is 0.375 e. The number of hydrogen-bond acceptors (Lipinski definition) is 4. The molecule has 3 heterocycles. The summed E-state index contributed by atoms with van der Waals surface area (Å²) in [5.41, 5.74) is 2.20. The van der Waals surface area contributed by atoms with Gasteiger partial charge in [-0.2, -0.15) is 0 Å². The third-order valence-corrected chi connectivity index (χ3v) is 4.01. The number of pyridine rings is 1. The lowest BCUT2D eigenvalue weighted by molar-refractivity contribution is -0.141. The van der Waals surface area contributed by atoms with Crippen molar-refractivity contribution in [1.29, 1.82) is 0 Å². The summed E-state index contributed by atoms with van der Waals surface area (Å²) < 4.78 is 7.11. The zero-order chi connectivity index (χ0) is 15.5. The van der Waals surface area contributed by atoms with Crippen molar-refractivity contribution >= 4 is 5.91 Å². The maximum atomic E-state index is 11.7. The van der Waals surface area contributed by atoms with Crippen LogP contribution in [-0.2, 0) is 16.1 Å². The van der Waals surface area contributed by atoms with Gasteiger partial charge in [-0.15, -0.1) is 0 Å². The van der Waals surface area contributed by atoms with Crippen LogP contribution in [0.2, 0.25) is 0 Å². The van der Waals surface area contributed by atoms with E-state index >= 15 is 0 Å². The van der Waals surface area contributed by atoms with Gasteiger partial charge >= 0.3 is 0 Å². The van der Waals surface area contributed by atoms with Crippen molar-refractivity contribution in [2.24, 2.45) is 5.92 Å². The van der Waals surface area contributed by atoms with E-state index in [-0.39, 0.29) is 12.5 Å². The van der Waals surface area contributed by atoms with Crippen molar-refractivity contribution in [3.63, 3.8) is 0 Å². The Bertz CT molecular complexity index is 647. The number of amides is 1. The van der Waals surface area contributed by atoms with E-state index < -0.39 is 0 Å². The van der Waals surface area contributed by atoms with Crippen molar-refractivity contribution in [2.45, 2.75) is 13.5 Å². The second-order valence-electron chi connectivity index (χ2n) is 5.67. The molecule has 1 amide bonds. The lowest BCUT2D eigenvalue weighted by Crippen LogP contribution is -2.52. The first-order valence-corrected chi connectivity index (χ1v) is 7.38. The first kappa shape index (κ1) is 14.7. The quantitative estimate of drug-likeness (QED) is 0.836. The number of rotatable bonds is 5. The highest BCUT2D eigenvalue weighted by molar-refractivity contribution is 5.78. The first-order valence-electron chi connectivity index (χ1n) is 7.38. The fraction of sp³-hybridized carbons (Fsp3) is 0.438. The van der Waals surface area contributed by atoms with Gasteiger partial charge in [-0.3, -0.25) is 9.78 Å². The number of ether oxygens (including phenoxy) is 1. The predicted octanol–water partition coefficient (Wildman–Crippen LogP) is 1.36. The smallest absolute Gasteiger partial charge is 0.248 e. The van der Waals surface area contributed by atoms with Gasteiger partial charge in [0, 0.05) is 62.5 Å². The minimum absolute atomic E-state index is 0.0652. The van der Waals surface area contributed by atoms with Crippen LogP contribution in [-0.4, -0.2) is 52.1 Å². The highest BCUT2D eigenvalue weighted by Crippen LogP contribution is 2.24. The SMILES string of the molecule is COCC(=O)N1CC(Cn2c(C)cnc2-c2ccncc2)C1. The van der Waals surface area contributed by atoms with Crippen LogP contribution in [0.4, 0.5) is 0 Å². The summed E-state index contributed by atoms with van der Waals surface area (Å²) in [7, 11) is 1.55. The molecule has 0 saturated carbocycles. The molecule has 6 heteroatoms. The van der Waals surface area contributed by atoms with E-state index in [9.17, 15) is 4.79 Å². The Morgan fingerprint density at radius 2 is 2.09 bits per heavy atom. The molecule has 0 atom stereocenters. The average Bonchev–Trinajstić information content (AvgIpc) is 2.84. The molecular weight excluding hydrogens is 280 g/mol. The van der Waals surface area contributed by atoms with Crippen LogP contribution >= 0.6 is 0 Å². The molecule has 2 aromatic rings. The summed E-state index contributed by atoms with van der Waals surface area (Å²) in [4.78, 5) is 22.1. The van der Waals surface area contributed by atoms with Crippen LogP contribution in [0.3, 0.4) is 0 Å². The van der Waals surface area contributed by atoms with E-state index in [2.05, 4.69) is 21.5 Å². The molecule has 1 fully saturated rings. The highest BCUT2D eigenvalue weighted by atomic mass is 16.5. The molecule has 0 spiro atoms. The zero-order valence-electron chi connectivity index (χ0n) is 12.9.